The van der Waals surface area contributed by atoms with Gasteiger partial charge in [0.05, 0.1) is 25.9 Å². The number of nitrogens with one attached hydrogen (secondary N) is 2. The van der Waals surface area contributed by atoms with E-state index in [1.165, 1.54) is 0 Å². The van der Waals surface area contributed by atoms with Crippen LogP contribution >= 0.6 is 0 Å². The minimum absolute atomic E-state index is 0.0573. The standard InChI is InChI=1S/C19H40N2O3/c1-8-19(7,13-20-9-2)15-23-14-18(5,6)12-17(22)21-10-11-24-16(3)4/h16,20H,8-15H2,1-7H3,(H,21,22). The summed E-state index contributed by atoms with van der Waals surface area (Å²) in [5, 5.41) is 6.31. The molecule has 0 aliphatic heterocycles. The van der Waals surface area contributed by atoms with E-state index < -0.39 is 0 Å². The third-order valence-corrected chi connectivity index (χ3v) is 4.11. The fourth-order valence-electron chi connectivity index (χ4n) is 2.31. The summed E-state index contributed by atoms with van der Waals surface area (Å²) in [6.45, 7) is 19.0. The number of carbonyl (C=O) groups excluding carboxylic acids is 1. The predicted molar refractivity (Wildman–Crippen MR) is 100 cm³/mol. The van der Waals surface area contributed by atoms with E-state index in [0.717, 1.165) is 19.5 Å². The Hall–Kier alpha value is -0.650. The van der Waals surface area contributed by atoms with Crippen LogP contribution in [-0.4, -0.2) is 51.5 Å². The highest BCUT2D eigenvalue weighted by atomic mass is 16.5. The van der Waals surface area contributed by atoms with Crippen molar-refractivity contribution in [1.82, 2.24) is 10.6 Å². The summed E-state index contributed by atoms with van der Waals surface area (Å²) >= 11 is 0. The summed E-state index contributed by atoms with van der Waals surface area (Å²) in [4.78, 5) is 12.0. The van der Waals surface area contributed by atoms with Crippen molar-refractivity contribution in [3.8, 4) is 0 Å². The van der Waals surface area contributed by atoms with Gasteiger partial charge in [0.25, 0.3) is 0 Å². The normalized spacial score (nSPS) is 14.7. The third-order valence-electron chi connectivity index (χ3n) is 4.11. The Labute approximate surface area is 149 Å². The Balaban J connectivity index is 4.08. The smallest absolute Gasteiger partial charge is 0.220 e. The van der Waals surface area contributed by atoms with Gasteiger partial charge in [0.1, 0.15) is 0 Å². The number of rotatable bonds is 14. The first-order valence-electron chi connectivity index (χ1n) is 9.31. The molecule has 0 aromatic rings. The number of hydrogen-bond donors (Lipinski definition) is 2. The zero-order valence-electron chi connectivity index (χ0n) is 17.0. The molecule has 5 nitrogen and oxygen atoms in total. The Bertz CT molecular complexity index is 346. The van der Waals surface area contributed by atoms with E-state index in [0.29, 0.717) is 32.8 Å². The summed E-state index contributed by atoms with van der Waals surface area (Å²) in [6, 6.07) is 0. The molecule has 0 saturated heterocycles. The molecule has 0 heterocycles. The van der Waals surface area contributed by atoms with E-state index in [2.05, 4.69) is 45.3 Å². The van der Waals surface area contributed by atoms with Crippen LogP contribution in [0.15, 0.2) is 0 Å². The van der Waals surface area contributed by atoms with Gasteiger partial charge in [-0.25, -0.2) is 0 Å². The molecule has 1 atom stereocenters. The van der Waals surface area contributed by atoms with Gasteiger partial charge in [-0.2, -0.15) is 0 Å². The lowest BCUT2D eigenvalue weighted by Gasteiger charge is -2.31. The molecule has 0 spiro atoms. The van der Waals surface area contributed by atoms with Crippen LogP contribution in [0, 0.1) is 10.8 Å². The first kappa shape index (κ1) is 23.4. The highest BCUT2D eigenvalue weighted by molar-refractivity contribution is 5.76. The molecule has 0 aromatic carbocycles. The van der Waals surface area contributed by atoms with E-state index in [1.807, 2.05) is 13.8 Å². The summed E-state index contributed by atoms with van der Waals surface area (Å²) < 4.78 is 11.4. The van der Waals surface area contributed by atoms with Gasteiger partial charge >= 0.3 is 0 Å². The van der Waals surface area contributed by atoms with Gasteiger partial charge in [0.2, 0.25) is 5.91 Å². The first-order chi connectivity index (χ1) is 11.1. The second-order valence-corrected chi connectivity index (χ2v) is 8.05. The Morgan fingerprint density at radius 1 is 1.12 bits per heavy atom. The average Bonchev–Trinajstić information content (AvgIpc) is 2.48. The van der Waals surface area contributed by atoms with Crippen molar-refractivity contribution in [2.75, 3.05) is 39.5 Å². The summed E-state index contributed by atoms with van der Waals surface area (Å²) in [5.41, 5.74) is -0.0294. The van der Waals surface area contributed by atoms with Crippen molar-refractivity contribution in [2.45, 2.75) is 67.4 Å². The zero-order valence-corrected chi connectivity index (χ0v) is 17.0. The maximum atomic E-state index is 12.0. The average molecular weight is 345 g/mol. The zero-order chi connectivity index (χ0) is 18.6. The number of amides is 1. The number of carbonyl (C=O) groups is 1. The van der Waals surface area contributed by atoms with Gasteiger partial charge in [0, 0.05) is 24.9 Å². The molecule has 1 unspecified atom stereocenters. The Kier molecular flexibility index (Phi) is 11.5. The molecule has 1 amide bonds. The maximum Gasteiger partial charge on any atom is 0.220 e. The molecule has 0 aromatic heterocycles. The molecule has 2 N–H and O–H groups in total. The fourth-order valence-corrected chi connectivity index (χ4v) is 2.31. The number of ether oxygens (including phenoxy) is 2. The molecule has 0 bridgehead atoms. The van der Waals surface area contributed by atoms with Gasteiger partial charge in [-0.15, -0.1) is 0 Å². The van der Waals surface area contributed by atoms with E-state index >= 15 is 0 Å². The molecule has 5 heteroatoms. The van der Waals surface area contributed by atoms with E-state index in [4.69, 9.17) is 9.47 Å². The Morgan fingerprint density at radius 3 is 2.33 bits per heavy atom. The highest BCUT2D eigenvalue weighted by Gasteiger charge is 2.26. The third kappa shape index (κ3) is 11.8. The summed E-state index contributed by atoms with van der Waals surface area (Å²) in [6.07, 6.45) is 1.73. The molecule has 24 heavy (non-hydrogen) atoms. The molecular weight excluding hydrogens is 304 g/mol. The van der Waals surface area contributed by atoms with Crippen LogP contribution in [-0.2, 0) is 14.3 Å². The monoisotopic (exact) mass is 344 g/mol. The quantitative estimate of drug-likeness (QED) is 0.476. The Morgan fingerprint density at radius 2 is 1.79 bits per heavy atom. The van der Waals surface area contributed by atoms with E-state index in [9.17, 15) is 4.79 Å². The van der Waals surface area contributed by atoms with Gasteiger partial charge in [-0.05, 0) is 32.2 Å². The van der Waals surface area contributed by atoms with Crippen molar-refractivity contribution in [3.63, 3.8) is 0 Å². The van der Waals surface area contributed by atoms with Crippen molar-refractivity contribution in [3.05, 3.63) is 0 Å². The first-order valence-corrected chi connectivity index (χ1v) is 9.31. The second-order valence-electron chi connectivity index (χ2n) is 8.05. The SMILES string of the molecule is CCNCC(C)(CC)COCC(C)(C)CC(=O)NCCOC(C)C. The molecule has 0 fully saturated rings. The highest BCUT2D eigenvalue weighted by Crippen LogP contribution is 2.24. The van der Waals surface area contributed by atoms with Crippen LogP contribution in [0.3, 0.4) is 0 Å². The largest absolute Gasteiger partial charge is 0.380 e. The predicted octanol–water partition coefficient (Wildman–Crippen LogP) is 2.99. The molecule has 0 saturated carbocycles. The lowest BCUT2D eigenvalue weighted by Crippen LogP contribution is -2.37. The second kappa shape index (κ2) is 11.8. The van der Waals surface area contributed by atoms with Gasteiger partial charge in [-0.3, -0.25) is 4.79 Å². The van der Waals surface area contributed by atoms with Gasteiger partial charge < -0.3 is 20.1 Å². The van der Waals surface area contributed by atoms with Crippen molar-refractivity contribution >= 4 is 5.91 Å². The minimum atomic E-state index is -0.171. The molecule has 0 aliphatic rings. The van der Waals surface area contributed by atoms with Crippen LogP contribution in [0.5, 0.6) is 0 Å². The molecule has 0 radical (unpaired) electrons. The lowest BCUT2D eigenvalue weighted by molar-refractivity contribution is -0.124. The maximum absolute atomic E-state index is 12.0. The fraction of sp³-hybridized carbons (Fsp3) is 0.947. The van der Waals surface area contributed by atoms with E-state index in [-0.39, 0.29) is 22.8 Å². The van der Waals surface area contributed by atoms with Gasteiger partial charge in [-0.1, -0.05) is 34.6 Å². The molecule has 144 valence electrons. The van der Waals surface area contributed by atoms with Crippen LogP contribution in [0.4, 0.5) is 0 Å². The number of hydrogen-bond acceptors (Lipinski definition) is 4. The summed E-state index contributed by atoms with van der Waals surface area (Å²) in [5.74, 6) is 0.0573. The molecule has 0 rings (SSSR count). The van der Waals surface area contributed by atoms with Crippen molar-refractivity contribution in [1.29, 1.82) is 0 Å². The topological polar surface area (TPSA) is 59.6 Å². The molecule has 0 aliphatic carbocycles. The lowest BCUT2D eigenvalue weighted by atomic mass is 9.87. The van der Waals surface area contributed by atoms with Crippen LogP contribution in [0.2, 0.25) is 0 Å². The van der Waals surface area contributed by atoms with E-state index in [1.54, 1.807) is 0 Å². The van der Waals surface area contributed by atoms with Crippen LogP contribution < -0.4 is 10.6 Å². The van der Waals surface area contributed by atoms with Crippen molar-refractivity contribution < 1.29 is 14.3 Å². The van der Waals surface area contributed by atoms with Crippen LogP contribution in [0.25, 0.3) is 0 Å². The van der Waals surface area contributed by atoms with Gasteiger partial charge in [0.15, 0.2) is 0 Å². The van der Waals surface area contributed by atoms with Crippen molar-refractivity contribution in [2.24, 2.45) is 10.8 Å². The van der Waals surface area contributed by atoms with Crippen LogP contribution in [0.1, 0.15) is 61.3 Å². The summed E-state index contributed by atoms with van der Waals surface area (Å²) in [7, 11) is 0. The minimum Gasteiger partial charge on any atom is -0.380 e. The molecular formula is C19H40N2O3.